The van der Waals surface area contributed by atoms with E-state index in [0.29, 0.717) is 19.5 Å². The van der Waals surface area contributed by atoms with E-state index in [1.807, 2.05) is 63.2 Å². The summed E-state index contributed by atoms with van der Waals surface area (Å²) >= 11 is 4.99. The predicted molar refractivity (Wildman–Crippen MR) is 138 cm³/mol. The molecule has 1 unspecified atom stereocenters. The van der Waals surface area contributed by atoms with Crippen molar-refractivity contribution < 1.29 is 13.2 Å². The molecule has 3 aromatic rings. The van der Waals surface area contributed by atoms with Gasteiger partial charge in [-0.05, 0) is 62.2 Å². The third kappa shape index (κ3) is 6.76. The average molecular weight is 550 g/mol. The van der Waals surface area contributed by atoms with Crippen molar-refractivity contribution >= 4 is 43.2 Å². The monoisotopic (exact) mass is 548 g/mol. The molecular weight excluding hydrogens is 520 g/mol. The summed E-state index contributed by atoms with van der Waals surface area (Å²) in [7, 11) is -3.83. The van der Waals surface area contributed by atoms with Gasteiger partial charge in [0.15, 0.2) is 0 Å². The Morgan fingerprint density at radius 3 is 2.24 bits per heavy atom. The normalized spacial score (nSPS) is 12.6. The van der Waals surface area contributed by atoms with E-state index in [-0.39, 0.29) is 23.4 Å². The van der Waals surface area contributed by atoms with Crippen molar-refractivity contribution in [3.63, 3.8) is 0 Å². The zero-order valence-electron chi connectivity index (χ0n) is 19.1. The molecule has 1 atom stereocenters. The Labute approximate surface area is 209 Å². The van der Waals surface area contributed by atoms with Crippen LogP contribution in [0.2, 0.25) is 0 Å². The van der Waals surface area contributed by atoms with Gasteiger partial charge in [0.1, 0.15) is 0 Å². The molecule has 0 N–H and O–H groups in total. The van der Waals surface area contributed by atoms with E-state index in [2.05, 4.69) is 15.9 Å². The van der Waals surface area contributed by atoms with E-state index in [1.54, 1.807) is 40.5 Å². The highest BCUT2D eigenvalue weighted by atomic mass is 79.9. The summed E-state index contributed by atoms with van der Waals surface area (Å²) in [6, 6.07) is 20.0. The number of aryl methyl sites for hydroxylation is 1. The number of nitrogens with zero attached hydrogens (tertiary/aromatic N) is 2. The Morgan fingerprint density at radius 2 is 1.67 bits per heavy atom. The van der Waals surface area contributed by atoms with Gasteiger partial charge in [-0.3, -0.25) is 4.79 Å². The van der Waals surface area contributed by atoms with Gasteiger partial charge in [-0.25, -0.2) is 8.42 Å². The molecule has 8 heteroatoms. The summed E-state index contributed by atoms with van der Waals surface area (Å²) in [5.41, 5.74) is 1.00. The van der Waals surface area contributed by atoms with Crippen molar-refractivity contribution in [1.82, 2.24) is 9.21 Å². The molecule has 1 aromatic heterocycles. The predicted octanol–water partition coefficient (Wildman–Crippen LogP) is 5.84. The second kappa shape index (κ2) is 11.4. The van der Waals surface area contributed by atoms with Crippen molar-refractivity contribution in [2.75, 3.05) is 6.54 Å². The van der Waals surface area contributed by atoms with Crippen molar-refractivity contribution in [3.05, 3.63) is 86.5 Å². The first kappa shape index (κ1) is 25.6. The lowest BCUT2D eigenvalue weighted by Gasteiger charge is -2.30. The van der Waals surface area contributed by atoms with Gasteiger partial charge in [-0.15, -0.1) is 11.3 Å². The van der Waals surface area contributed by atoms with Crippen LogP contribution in [0, 0.1) is 6.92 Å². The molecule has 2 aromatic carbocycles. The number of benzene rings is 2. The maximum Gasteiger partial charge on any atom is 0.243 e. The summed E-state index contributed by atoms with van der Waals surface area (Å²) in [6.07, 6.45) is 0.603. The third-order valence-electron chi connectivity index (χ3n) is 5.51. The molecule has 0 fully saturated rings. The minimum atomic E-state index is -3.83. The van der Waals surface area contributed by atoms with Gasteiger partial charge in [-0.2, -0.15) is 4.31 Å². The van der Waals surface area contributed by atoms with Crippen LogP contribution in [0.1, 0.15) is 35.6 Å². The first-order chi connectivity index (χ1) is 15.7. The van der Waals surface area contributed by atoms with Crippen molar-refractivity contribution in [3.8, 4) is 0 Å². The molecule has 0 saturated carbocycles. The van der Waals surface area contributed by atoms with E-state index in [9.17, 15) is 13.2 Å². The molecule has 0 bridgehead atoms. The maximum absolute atomic E-state index is 13.5. The molecular formula is C25H29BrN2O3S2. The Balaban J connectivity index is 1.89. The van der Waals surface area contributed by atoms with Crippen LogP contribution in [0.4, 0.5) is 0 Å². The third-order valence-corrected chi connectivity index (χ3v) is 8.99. The zero-order chi connectivity index (χ0) is 24.0. The van der Waals surface area contributed by atoms with Crippen LogP contribution in [0.25, 0.3) is 0 Å². The van der Waals surface area contributed by atoms with E-state index in [0.717, 1.165) is 14.9 Å². The van der Waals surface area contributed by atoms with Gasteiger partial charge in [0.25, 0.3) is 0 Å². The molecule has 0 radical (unpaired) electrons. The topological polar surface area (TPSA) is 57.7 Å². The smallest absolute Gasteiger partial charge is 0.243 e. The van der Waals surface area contributed by atoms with Crippen LogP contribution in [0.15, 0.2) is 76.1 Å². The molecule has 0 saturated heterocycles. The lowest BCUT2D eigenvalue weighted by molar-refractivity contribution is -0.133. The molecule has 1 heterocycles. The zero-order valence-corrected chi connectivity index (χ0v) is 22.3. The van der Waals surface area contributed by atoms with Gasteiger partial charge in [0.2, 0.25) is 15.9 Å². The number of thiophene rings is 1. The fourth-order valence-electron chi connectivity index (χ4n) is 3.45. The summed E-state index contributed by atoms with van der Waals surface area (Å²) < 4.78 is 29.1. The van der Waals surface area contributed by atoms with Crippen molar-refractivity contribution in [2.24, 2.45) is 0 Å². The molecule has 0 aliphatic carbocycles. The first-order valence-electron chi connectivity index (χ1n) is 10.8. The van der Waals surface area contributed by atoms with E-state index in [1.165, 1.54) is 9.18 Å². The lowest BCUT2D eigenvalue weighted by Crippen LogP contribution is -2.46. The Morgan fingerprint density at radius 1 is 1.00 bits per heavy atom. The van der Waals surface area contributed by atoms with Gasteiger partial charge in [0, 0.05) is 26.8 Å². The second-order valence-electron chi connectivity index (χ2n) is 8.01. The van der Waals surface area contributed by atoms with Crippen LogP contribution in [-0.4, -0.2) is 36.1 Å². The van der Waals surface area contributed by atoms with Gasteiger partial charge in [-0.1, -0.05) is 53.2 Å². The summed E-state index contributed by atoms with van der Waals surface area (Å²) in [5, 5.41) is 0. The number of amides is 1. The largest absolute Gasteiger partial charge is 0.332 e. The van der Waals surface area contributed by atoms with E-state index in [4.69, 9.17) is 0 Å². The maximum atomic E-state index is 13.5. The highest BCUT2D eigenvalue weighted by molar-refractivity contribution is 9.10. The molecule has 0 aliphatic heterocycles. The highest BCUT2D eigenvalue weighted by Gasteiger charge is 2.32. The molecule has 1 amide bonds. The van der Waals surface area contributed by atoms with Gasteiger partial charge in [0.05, 0.1) is 18.0 Å². The number of hydrogen-bond acceptors (Lipinski definition) is 4. The molecule has 3 rings (SSSR count). The number of carbonyl (C=O) groups excluding carboxylic acids is 1. The standard InChI is InChI=1S/C25H29BrN2O3S2/c1-4-19(2)28(33(30,31)24-14-11-22(26)12-15-24)18-25(29)27(16-21-8-6-5-7-9-21)17-23-13-10-20(3)32-23/h5-15,19H,4,16-18H2,1-3H3. The molecule has 0 spiro atoms. The van der Waals surface area contributed by atoms with E-state index >= 15 is 0 Å². The van der Waals surface area contributed by atoms with Crippen LogP contribution >= 0.6 is 27.3 Å². The summed E-state index contributed by atoms with van der Waals surface area (Å²) in [4.78, 5) is 17.7. The molecule has 176 valence electrons. The Kier molecular flexibility index (Phi) is 8.87. The minimum absolute atomic E-state index is 0.183. The fraction of sp³-hybridized carbons (Fsp3) is 0.320. The Hall–Kier alpha value is -2.00. The second-order valence-corrected chi connectivity index (χ2v) is 12.2. The van der Waals surface area contributed by atoms with Crippen molar-refractivity contribution in [1.29, 1.82) is 0 Å². The Bertz CT molecular complexity index is 1160. The lowest BCUT2D eigenvalue weighted by atomic mass is 10.2. The summed E-state index contributed by atoms with van der Waals surface area (Å²) in [5.74, 6) is -0.217. The number of carbonyl (C=O) groups is 1. The number of halogens is 1. The quantitative estimate of drug-likeness (QED) is 0.320. The molecule has 5 nitrogen and oxygen atoms in total. The SMILES string of the molecule is CCC(C)N(CC(=O)N(Cc1ccccc1)Cc1ccc(C)s1)S(=O)(=O)c1ccc(Br)cc1. The first-order valence-corrected chi connectivity index (χ1v) is 13.9. The van der Waals surface area contributed by atoms with Gasteiger partial charge >= 0.3 is 0 Å². The van der Waals surface area contributed by atoms with Crippen LogP contribution in [0.5, 0.6) is 0 Å². The average Bonchev–Trinajstić information content (AvgIpc) is 3.21. The van der Waals surface area contributed by atoms with Crippen LogP contribution in [-0.2, 0) is 27.9 Å². The number of rotatable bonds is 10. The van der Waals surface area contributed by atoms with Crippen LogP contribution in [0.3, 0.4) is 0 Å². The number of sulfonamides is 1. The highest BCUT2D eigenvalue weighted by Crippen LogP contribution is 2.23. The van der Waals surface area contributed by atoms with Crippen molar-refractivity contribution in [2.45, 2.75) is 51.2 Å². The molecule has 0 aliphatic rings. The minimum Gasteiger partial charge on any atom is -0.332 e. The van der Waals surface area contributed by atoms with Gasteiger partial charge < -0.3 is 4.90 Å². The van der Waals surface area contributed by atoms with Crippen LogP contribution < -0.4 is 0 Å². The fourth-order valence-corrected chi connectivity index (χ4v) is 6.28. The van der Waals surface area contributed by atoms with E-state index < -0.39 is 10.0 Å². The molecule has 33 heavy (non-hydrogen) atoms. The summed E-state index contributed by atoms with van der Waals surface area (Å²) in [6.45, 7) is 6.46. The number of hydrogen-bond donors (Lipinski definition) is 0.